The number of rotatable bonds is 4. The van der Waals surface area contributed by atoms with Crippen LogP contribution < -0.4 is 5.32 Å². The lowest BCUT2D eigenvalue weighted by molar-refractivity contribution is 0.102. The standard InChI is InChI=1S/C16H17NO2S2/c1-11-7-8-13(20-2)10-15(11)16(18)17-12-5-4-6-14(9-12)21(3)19/h4-10H,1-3H3,(H,17,18)/t21-/m1/s1. The summed E-state index contributed by atoms with van der Waals surface area (Å²) in [5.74, 6) is -0.151. The van der Waals surface area contributed by atoms with Crippen molar-refractivity contribution in [1.82, 2.24) is 0 Å². The monoisotopic (exact) mass is 319 g/mol. The predicted octanol–water partition coefficient (Wildman–Crippen LogP) is 3.71. The molecule has 110 valence electrons. The van der Waals surface area contributed by atoms with E-state index in [0.29, 0.717) is 16.1 Å². The number of carbonyl (C=O) groups excluding carboxylic acids is 1. The summed E-state index contributed by atoms with van der Waals surface area (Å²) in [6.45, 7) is 1.91. The highest BCUT2D eigenvalue weighted by atomic mass is 32.2. The van der Waals surface area contributed by atoms with Crippen molar-refractivity contribution in [3.63, 3.8) is 0 Å². The number of thioether (sulfide) groups is 1. The van der Waals surface area contributed by atoms with Crippen molar-refractivity contribution >= 4 is 34.2 Å². The van der Waals surface area contributed by atoms with E-state index < -0.39 is 10.8 Å². The smallest absolute Gasteiger partial charge is 0.255 e. The molecule has 0 spiro atoms. The first-order valence-corrected chi connectivity index (χ1v) is 9.19. The molecule has 0 unspecified atom stereocenters. The van der Waals surface area contributed by atoms with Gasteiger partial charge in [0.1, 0.15) is 0 Å². The molecule has 2 aromatic rings. The molecule has 0 radical (unpaired) electrons. The normalized spacial score (nSPS) is 12.0. The van der Waals surface area contributed by atoms with Gasteiger partial charge in [0.15, 0.2) is 0 Å². The van der Waals surface area contributed by atoms with E-state index in [2.05, 4.69) is 5.32 Å². The Morgan fingerprint density at radius 2 is 1.95 bits per heavy atom. The predicted molar refractivity (Wildman–Crippen MR) is 89.7 cm³/mol. The van der Waals surface area contributed by atoms with Crippen molar-refractivity contribution < 1.29 is 9.00 Å². The lowest BCUT2D eigenvalue weighted by Gasteiger charge is -2.10. The minimum atomic E-state index is -1.06. The van der Waals surface area contributed by atoms with Crippen LogP contribution in [0.25, 0.3) is 0 Å². The zero-order chi connectivity index (χ0) is 15.4. The van der Waals surface area contributed by atoms with E-state index in [4.69, 9.17) is 0 Å². The molecule has 0 saturated carbocycles. The summed E-state index contributed by atoms with van der Waals surface area (Å²) in [6, 6.07) is 12.9. The topological polar surface area (TPSA) is 46.2 Å². The quantitative estimate of drug-likeness (QED) is 0.874. The van der Waals surface area contributed by atoms with E-state index in [1.54, 1.807) is 42.3 Å². The zero-order valence-electron chi connectivity index (χ0n) is 12.2. The first-order valence-electron chi connectivity index (χ1n) is 6.40. The van der Waals surface area contributed by atoms with Crippen LogP contribution in [0, 0.1) is 6.92 Å². The summed E-state index contributed by atoms with van der Waals surface area (Å²) in [4.78, 5) is 14.1. The second-order valence-electron chi connectivity index (χ2n) is 4.62. The molecule has 21 heavy (non-hydrogen) atoms. The maximum atomic E-state index is 12.4. The number of nitrogens with one attached hydrogen (secondary N) is 1. The number of benzene rings is 2. The maximum absolute atomic E-state index is 12.4. The van der Waals surface area contributed by atoms with Crippen LogP contribution in [0.15, 0.2) is 52.3 Å². The molecule has 1 amide bonds. The van der Waals surface area contributed by atoms with Gasteiger partial charge < -0.3 is 5.32 Å². The number of aryl methyl sites for hydroxylation is 1. The van der Waals surface area contributed by atoms with E-state index in [9.17, 15) is 9.00 Å². The average Bonchev–Trinajstić information content (AvgIpc) is 2.48. The molecule has 0 aliphatic heterocycles. The van der Waals surface area contributed by atoms with Crippen molar-refractivity contribution in [1.29, 1.82) is 0 Å². The van der Waals surface area contributed by atoms with Crippen LogP contribution in [-0.4, -0.2) is 22.6 Å². The molecule has 1 N–H and O–H groups in total. The highest BCUT2D eigenvalue weighted by molar-refractivity contribution is 7.98. The van der Waals surface area contributed by atoms with Gasteiger partial charge in [-0.15, -0.1) is 11.8 Å². The lowest BCUT2D eigenvalue weighted by atomic mass is 10.1. The third kappa shape index (κ3) is 3.95. The van der Waals surface area contributed by atoms with Crippen LogP contribution in [-0.2, 0) is 10.8 Å². The molecule has 0 fully saturated rings. The fourth-order valence-electron chi connectivity index (χ4n) is 1.92. The summed E-state index contributed by atoms with van der Waals surface area (Å²) in [6.07, 6.45) is 3.60. The van der Waals surface area contributed by atoms with Crippen molar-refractivity contribution in [2.45, 2.75) is 16.7 Å². The average molecular weight is 319 g/mol. The Morgan fingerprint density at radius 3 is 2.62 bits per heavy atom. The maximum Gasteiger partial charge on any atom is 0.255 e. The molecule has 1 atom stereocenters. The number of hydrogen-bond acceptors (Lipinski definition) is 3. The second kappa shape index (κ2) is 6.91. The summed E-state index contributed by atoms with van der Waals surface area (Å²) in [5, 5.41) is 2.86. The molecule has 2 aromatic carbocycles. The number of anilines is 1. The highest BCUT2D eigenvalue weighted by Crippen LogP contribution is 2.21. The molecule has 0 aromatic heterocycles. The van der Waals surface area contributed by atoms with Crippen molar-refractivity contribution in [2.75, 3.05) is 17.8 Å². The van der Waals surface area contributed by atoms with Gasteiger partial charge in [0.2, 0.25) is 0 Å². The van der Waals surface area contributed by atoms with Crippen molar-refractivity contribution in [3.8, 4) is 0 Å². The van der Waals surface area contributed by atoms with Gasteiger partial charge in [-0.05, 0) is 49.1 Å². The molecule has 0 aliphatic rings. The van der Waals surface area contributed by atoms with Crippen LogP contribution in [0.5, 0.6) is 0 Å². The van der Waals surface area contributed by atoms with Gasteiger partial charge in [-0.25, -0.2) is 0 Å². The molecule has 0 aliphatic carbocycles. The Labute approximate surface area is 131 Å². The van der Waals surface area contributed by atoms with Gasteiger partial charge in [0.05, 0.1) is 0 Å². The molecule has 0 saturated heterocycles. The molecule has 5 heteroatoms. The SMILES string of the molecule is CSc1ccc(C)c(C(=O)Nc2cccc([S@@](C)=O)c2)c1. The Kier molecular flexibility index (Phi) is 5.20. The number of hydrogen-bond donors (Lipinski definition) is 1. The second-order valence-corrected chi connectivity index (χ2v) is 6.88. The Bertz CT molecular complexity index is 698. The van der Waals surface area contributed by atoms with E-state index in [0.717, 1.165) is 10.5 Å². The number of carbonyl (C=O) groups is 1. The third-order valence-electron chi connectivity index (χ3n) is 3.11. The van der Waals surface area contributed by atoms with Gasteiger partial charge in [-0.3, -0.25) is 9.00 Å². The van der Waals surface area contributed by atoms with Crippen LogP contribution in [0.1, 0.15) is 15.9 Å². The number of amides is 1. The summed E-state index contributed by atoms with van der Waals surface area (Å²) in [7, 11) is -1.06. The van der Waals surface area contributed by atoms with Crippen LogP contribution >= 0.6 is 11.8 Å². The van der Waals surface area contributed by atoms with Crippen LogP contribution in [0.3, 0.4) is 0 Å². The van der Waals surface area contributed by atoms with Gasteiger partial charge in [0, 0.05) is 38.1 Å². The summed E-state index contributed by atoms with van der Waals surface area (Å²) >= 11 is 1.60. The molecule has 0 heterocycles. The molecule has 2 rings (SSSR count). The molecular formula is C16H17NO2S2. The fraction of sp³-hybridized carbons (Fsp3) is 0.188. The fourth-order valence-corrected chi connectivity index (χ4v) is 2.93. The highest BCUT2D eigenvalue weighted by Gasteiger charge is 2.11. The van der Waals surface area contributed by atoms with E-state index in [1.165, 1.54) is 0 Å². The third-order valence-corrected chi connectivity index (χ3v) is 4.76. The summed E-state index contributed by atoms with van der Waals surface area (Å²) < 4.78 is 11.5. The Morgan fingerprint density at radius 1 is 1.19 bits per heavy atom. The molecular weight excluding hydrogens is 302 g/mol. The van der Waals surface area contributed by atoms with Gasteiger partial charge >= 0.3 is 0 Å². The van der Waals surface area contributed by atoms with Crippen molar-refractivity contribution in [2.24, 2.45) is 0 Å². The first kappa shape index (κ1) is 15.8. The zero-order valence-corrected chi connectivity index (χ0v) is 13.8. The molecule has 3 nitrogen and oxygen atoms in total. The molecule has 0 bridgehead atoms. The van der Waals surface area contributed by atoms with E-state index in [-0.39, 0.29) is 5.91 Å². The van der Waals surface area contributed by atoms with Crippen molar-refractivity contribution in [3.05, 3.63) is 53.6 Å². The minimum absolute atomic E-state index is 0.151. The van der Waals surface area contributed by atoms with Crippen LogP contribution in [0.2, 0.25) is 0 Å². The first-order chi connectivity index (χ1) is 10.0. The minimum Gasteiger partial charge on any atom is -0.322 e. The van der Waals surface area contributed by atoms with E-state index >= 15 is 0 Å². The Balaban J connectivity index is 2.25. The lowest BCUT2D eigenvalue weighted by Crippen LogP contribution is -2.13. The van der Waals surface area contributed by atoms with Gasteiger partial charge in [-0.2, -0.15) is 0 Å². The van der Waals surface area contributed by atoms with Crippen LogP contribution in [0.4, 0.5) is 5.69 Å². The van der Waals surface area contributed by atoms with Gasteiger partial charge in [-0.1, -0.05) is 12.1 Å². The summed E-state index contributed by atoms with van der Waals surface area (Å²) in [5.41, 5.74) is 2.24. The van der Waals surface area contributed by atoms with E-state index in [1.807, 2.05) is 31.4 Å². The van der Waals surface area contributed by atoms with Gasteiger partial charge in [0.25, 0.3) is 5.91 Å². The largest absolute Gasteiger partial charge is 0.322 e. The Hall–Kier alpha value is -1.59.